The highest BCUT2D eigenvalue weighted by Gasteiger charge is 2.30. The van der Waals surface area contributed by atoms with Gasteiger partial charge >= 0.3 is 6.18 Å². The molecular weight excluding hydrogens is 269 g/mol. The number of anilines is 1. The fourth-order valence-corrected chi connectivity index (χ4v) is 2.40. The maximum atomic E-state index is 12.0. The van der Waals surface area contributed by atoms with Gasteiger partial charge < -0.3 is 5.73 Å². The highest BCUT2D eigenvalue weighted by molar-refractivity contribution is 7.89. The highest BCUT2D eigenvalue weighted by Crippen LogP contribution is 2.22. The number of nitrogens with two attached hydrogens (primary N) is 1. The first-order valence-corrected chi connectivity index (χ1v) is 6.45. The lowest BCUT2D eigenvalue weighted by Crippen LogP contribution is -2.30. The first kappa shape index (κ1) is 14.8. The molecule has 0 heterocycles. The summed E-state index contributed by atoms with van der Waals surface area (Å²) in [4.78, 5) is -0.0821. The molecule has 0 saturated heterocycles. The predicted molar refractivity (Wildman–Crippen MR) is 61.3 cm³/mol. The van der Waals surface area contributed by atoms with Crippen LogP contribution in [-0.2, 0) is 10.0 Å². The van der Waals surface area contributed by atoms with Gasteiger partial charge in [0.25, 0.3) is 0 Å². The molecule has 1 aromatic carbocycles. The molecule has 0 fully saturated rings. The highest BCUT2D eigenvalue weighted by atomic mass is 32.2. The second-order valence-electron chi connectivity index (χ2n) is 3.76. The van der Waals surface area contributed by atoms with Gasteiger partial charge in [-0.15, -0.1) is 0 Å². The summed E-state index contributed by atoms with van der Waals surface area (Å²) in [5, 5.41) is 0. The number of hydrogen-bond acceptors (Lipinski definition) is 3. The van der Waals surface area contributed by atoms with Crippen molar-refractivity contribution in [3.05, 3.63) is 24.3 Å². The molecule has 0 bridgehead atoms. The molecule has 0 aliphatic heterocycles. The molecule has 18 heavy (non-hydrogen) atoms. The average Bonchev–Trinajstić information content (AvgIpc) is 2.25. The number of nitrogen functional groups attached to an aromatic ring is 1. The topological polar surface area (TPSA) is 63.4 Å². The third-order valence-electron chi connectivity index (χ3n) is 2.30. The van der Waals surface area contributed by atoms with E-state index >= 15 is 0 Å². The Morgan fingerprint density at radius 3 is 2.17 bits per heavy atom. The van der Waals surface area contributed by atoms with Crippen LogP contribution in [0.3, 0.4) is 0 Å². The van der Waals surface area contributed by atoms with Gasteiger partial charge in [-0.25, -0.2) is 12.7 Å². The molecule has 0 amide bonds. The summed E-state index contributed by atoms with van der Waals surface area (Å²) < 4.78 is 60.5. The van der Waals surface area contributed by atoms with Crippen molar-refractivity contribution in [2.45, 2.75) is 17.5 Å². The van der Waals surface area contributed by atoms with Crippen molar-refractivity contribution in [3.63, 3.8) is 0 Å². The molecule has 0 aliphatic rings. The molecule has 0 spiro atoms. The lowest BCUT2D eigenvalue weighted by atomic mass is 10.3. The summed E-state index contributed by atoms with van der Waals surface area (Å²) in [5.74, 6) is 0. The first-order valence-electron chi connectivity index (χ1n) is 5.01. The van der Waals surface area contributed by atoms with E-state index in [0.717, 1.165) is 7.05 Å². The third-order valence-corrected chi connectivity index (χ3v) is 4.17. The Balaban J connectivity index is 2.83. The Labute approximate surface area is 103 Å². The van der Waals surface area contributed by atoms with Crippen LogP contribution in [0.5, 0.6) is 0 Å². The number of hydrogen-bond donors (Lipinski definition) is 1. The average molecular weight is 282 g/mol. The zero-order chi connectivity index (χ0) is 14.0. The van der Waals surface area contributed by atoms with E-state index in [2.05, 4.69) is 0 Å². The van der Waals surface area contributed by atoms with Gasteiger partial charge in [-0.2, -0.15) is 13.2 Å². The number of benzene rings is 1. The maximum Gasteiger partial charge on any atom is 0.390 e. The lowest BCUT2D eigenvalue weighted by Gasteiger charge is -2.18. The van der Waals surface area contributed by atoms with E-state index in [1.807, 2.05) is 0 Å². The molecule has 8 heteroatoms. The van der Waals surface area contributed by atoms with Crippen molar-refractivity contribution in [1.82, 2.24) is 4.31 Å². The minimum atomic E-state index is -4.38. The van der Waals surface area contributed by atoms with Crippen LogP contribution in [-0.4, -0.2) is 32.5 Å². The quantitative estimate of drug-likeness (QED) is 0.857. The largest absolute Gasteiger partial charge is 0.399 e. The van der Waals surface area contributed by atoms with Gasteiger partial charge in [-0.3, -0.25) is 0 Å². The summed E-state index contributed by atoms with van der Waals surface area (Å²) in [6.07, 6.45) is -5.57. The normalized spacial score (nSPS) is 12.9. The molecule has 0 radical (unpaired) electrons. The molecule has 1 aromatic rings. The first-order chi connectivity index (χ1) is 8.13. The van der Waals surface area contributed by atoms with Crippen LogP contribution in [0, 0.1) is 0 Å². The molecule has 0 aromatic heterocycles. The van der Waals surface area contributed by atoms with Crippen molar-refractivity contribution < 1.29 is 21.6 Å². The second-order valence-corrected chi connectivity index (χ2v) is 5.81. The van der Waals surface area contributed by atoms with Crippen LogP contribution < -0.4 is 5.73 Å². The molecule has 0 saturated carbocycles. The molecule has 102 valence electrons. The van der Waals surface area contributed by atoms with Crippen LogP contribution >= 0.6 is 0 Å². The van der Waals surface area contributed by atoms with Crippen molar-refractivity contribution in [3.8, 4) is 0 Å². The van der Waals surface area contributed by atoms with Crippen LogP contribution in [0.1, 0.15) is 6.42 Å². The Morgan fingerprint density at radius 2 is 1.72 bits per heavy atom. The van der Waals surface area contributed by atoms with Gasteiger partial charge in [0.15, 0.2) is 0 Å². The van der Waals surface area contributed by atoms with Crippen LogP contribution in [0.15, 0.2) is 29.2 Å². The van der Waals surface area contributed by atoms with E-state index < -0.39 is 29.2 Å². The van der Waals surface area contributed by atoms with Gasteiger partial charge in [-0.1, -0.05) is 0 Å². The SMILES string of the molecule is CN(CCC(F)(F)F)S(=O)(=O)c1ccc(N)cc1. The van der Waals surface area contributed by atoms with Crippen molar-refractivity contribution in [2.75, 3.05) is 19.3 Å². The summed E-state index contributed by atoms with van der Waals surface area (Å²) in [7, 11) is -2.79. The minimum absolute atomic E-state index is 0.0821. The smallest absolute Gasteiger partial charge is 0.390 e. The lowest BCUT2D eigenvalue weighted by molar-refractivity contribution is -0.135. The second kappa shape index (κ2) is 5.15. The number of halogens is 3. The Hall–Kier alpha value is -1.28. The van der Waals surface area contributed by atoms with Crippen molar-refractivity contribution >= 4 is 15.7 Å². The number of rotatable bonds is 4. The monoisotopic (exact) mass is 282 g/mol. The third kappa shape index (κ3) is 3.88. The summed E-state index contributed by atoms with van der Waals surface area (Å²) in [6, 6.07) is 5.28. The van der Waals surface area contributed by atoms with E-state index in [-0.39, 0.29) is 4.90 Å². The van der Waals surface area contributed by atoms with Crippen molar-refractivity contribution in [1.29, 1.82) is 0 Å². The minimum Gasteiger partial charge on any atom is -0.399 e. The van der Waals surface area contributed by atoms with E-state index in [1.54, 1.807) is 0 Å². The molecule has 0 atom stereocenters. The van der Waals surface area contributed by atoms with Gasteiger partial charge in [-0.05, 0) is 24.3 Å². The molecule has 0 unspecified atom stereocenters. The molecule has 0 aliphatic carbocycles. The van der Waals surface area contributed by atoms with Gasteiger partial charge in [0, 0.05) is 19.3 Å². The van der Waals surface area contributed by atoms with Crippen LogP contribution in [0.2, 0.25) is 0 Å². The number of sulfonamides is 1. The Kier molecular flexibility index (Phi) is 4.23. The zero-order valence-corrected chi connectivity index (χ0v) is 10.4. The van der Waals surface area contributed by atoms with Crippen molar-refractivity contribution in [2.24, 2.45) is 0 Å². The summed E-state index contributed by atoms with van der Waals surface area (Å²) >= 11 is 0. The van der Waals surface area contributed by atoms with E-state index in [9.17, 15) is 21.6 Å². The van der Waals surface area contributed by atoms with E-state index in [1.165, 1.54) is 24.3 Å². The predicted octanol–water partition coefficient (Wildman–Crippen LogP) is 1.84. The molecule has 2 N–H and O–H groups in total. The zero-order valence-electron chi connectivity index (χ0n) is 9.61. The standard InChI is InChI=1S/C10H13F3N2O2S/c1-15(7-6-10(11,12)13)18(16,17)9-4-2-8(14)3-5-9/h2-5H,6-7,14H2,1H3. The molecular formula is C10H13F3N2O2S. The van der Waals surface area contributed by atoms with Gasteiger partial charge in [0.05, 0.1) is 11.3 Å². The van der Waals surface area contributed by atoms with Gasteiger partial charge in [0.1, 0.15) is 0 Å². The Morgan fingerprint density at radius 1 is 1.22 bits per heavy atom. The number of alkyl halides is 3. The molecule has 1 rings (SSSR count). The fraction of sp³-hybridized carbons (Fsp3) is 0.400. The molecule has 4 nitrogen and oxygen atoms in total. The summed E-state index contributed by atoms with van der Waals surface area (Å²) in [5.41, 5.74) is 5.79. The fourth-order valence-electron chi connectivity index (χ4n) is 1.22. The van der Waals surface area contributed by atoms with Gasteiger partial charge in [0.2, 0.25) is 10.0 Å². The van der Waals surface area contributed by atoms with E-state index in [4.69, 9.17) is 5.73 Å². The summed E-state index contributed by atoms with van der Waals surface area (Å²) in [6.45, 7) is -0.615. The van der Waals surface area contributed by atoms with Crippen LogP contribution in [0.4, 0.5) is 18.9 Å². The number of nitrogens with zero attached hydrogens (tertiary/aromatic N) is 1. The van der Waals surface area contributed by atoms with E-state index in [0.29, 0.717) is 9.99 Å². The maximum absolute atomic E-state index is 12.0. The van der Waals surface area contributed by atoms with Crippen LogP contribution in [0.25, 0.3) is 0 Å². The Bertz CT molecular complexity index is 497.